The Labute approximate surface area is 122 Å². The molecule has 0 bridgehead atoms. The molecule has 2 aromatic rings. The number of benzene rings is 1. The zero-order valence-corrected chi connectivity index (χ0v) is 11.6. The first-order chi connectivity index (χ1) is 9.49. The minimum atomic E-state index is -0.517. The van der Waals surface area contributed by atoms with Gasteiger partial charge in [-0.15, -0.1) is 0 Å². The number of nitrogens with zero attached hydrogens (tertiary/aromatic N) is 2. The van der Waals surface area contributed by atoms with Crippen LogP contribution in [-0.2, 0) is 0 Å². The number of hydrogen-bond acceptors (Lipinski definition) is 5. The Morgan fingerprint density at radius 1 is 1.35 bits per heavy atom. The van der Waals surface area contributed by atoms with Crippen LogP contribution in [0.2, 0.25) is 0 Å². The number of hydrogen-bond donors (Lipinski definition) is 2. The standard InChI is InChI=1S/C12H9BrN4O3/c13-11-8(17(18)19)4-2-5-9(11)20-10-6-1-3-7(16-10)12(14)15/h1-6H,(H3,14,15). The summed E-state index contributed by atoms with van der Waals surface area (Å²) in [4.78, 5) is 14.3. The molecule has 0 unspecified atom stereocenters. The maximum absolute atomic E-state index is 10.8. The largest absolute Gasteiger partial charge is 0.438 e. The number of amidine groups is 1. The molecule has 0 atom stereocenters. The highest BCUT2D eigenvalue weighted by molar-refractivity contribution is 9.10. The SMILES string of the molecule is N=C(N)c1cccc(Oc2cccc([N+](=O)[O-])c2Br)n1. The number of pyridine rings is 1. The molecule has 0 aliphatic rings. The first-order valence-electron chi connectivity index (χ1n) is 5.41. The van der Waals surface area contributed by atoms with Gasteiger partial charge in [0.1, 0.15) is 16.0 Å². The first-order valence-corrected chi connectivity index (χ1v) is 6.20. The second-order valence-corrected chi connectivity index (χ2v) is 4.52. The fourth-order valence-corrected chi connectivity index (χ4v) is 1.94. The highest BCUT2D eigenvalue weighted by Crippen LogP contribution is 2.35. The lowest BCUT2D eigenvalue weighted by molar-refractivity contribution is -0.385. The summed E-state index contributed by atoms with van der Waals surface area (Å²) in [5.74, 6) is 0.264. The van der Waals surface area contributed by atoms with Crippen molar-refractivity contribution in [3.05, 3.63) is 56.7 Å². The van der Waals surface area contributed by atoms with E-state index in [4.69, 9.17) is 15.9 Å². The molecule has 0 spiro atoms. The van der Waals surface area contributed by atoms with Gasteiger partial charge in [-0.1, -0.05) is 12.1 Å². The predicted molar refractivity (Wildman–Crippen MR) is 76.1 cm³/mol. The van der Waals surface area contributed by atoms with Crippen molar-refractivity contribution >= 4 is 27.5 Å². The van der Waals surface area contributed by atoms with E-state index in [0.717, 1.165) is 0 Å². The summed E-state index contributed by atoms with van der Waals surface area (Å²) in [6.45, 7) is 0. The Morgan fingerprint density at radius 3 is 2.70 bits per heavy atom. The fourth-order valence-electron chi connectivity index (χ4n) is 1.45. The van der Waals surface area contributed by atoms with E-state index in [-0.39, 0.29) is 33.3 Å². The van der Waals surface area contributed by atoms with E-state index in [1.807, 2.05) is 0 Å². The molecule has 0 fully saturated rings. The molecule has 7 nitrogen and oxygen atoms in total. The van der Waals surface area contributed by atoms with E-state index in [9.17, 15) is 10.1 Å². The number of rotatable bonds is 4. The maximum atomic E-state index is 10.8. The lowest BCUT2D eigenvalue weighted by Crippen LogP contribution is -2.13. The fraction of sp³-hybridized carbons (Fsp3) is 0. The molecule has 2 rings (SSSR count). The van der Waals surface area contributed by atoms with Gasteiger partial charge in [0.05, 0.1) is 4.92 Å². The van der Waals surface area contributed by atoms with Crippen LogP contribution in [-0.4, -0.2) is 15.7 Å². The van der Waals surface area contributed by atoms with E-state index < -0.39 is 4.92 Å². The zero-order chi connectivity index (χ0) is 14.7. The minimum Gasteiger partial charge on any atom is -0.438 e. The van der Waals surface area contributed by atoms with Crippen LogP contribution in [0, 0.1) is 15.5 Å². The van der Waals surface area contributed by atoms with Gasteiger partial charge in [-0.05, 0) is 28.1 Å². The smallest absolute Gasteiger partial charge is 0.287 e. The Morgan fingerprint density at radius 2 is 2.05 bits per heavy atom. The van der Waals surface area contributed by atoms with Crippen molar-refractivity contribution < 1.29 is 9.66 Å². The second kappa shape index (κ2) is 5.66. The van der Waals surface area contributed by atoms with Gasteiger partial charge < -0.3 is 10.5 Å². The molecule has 0 aliphatic carbocycles. The van der Waals surface area contributed by atoms with Crippen molar-refractivity contribution in [3.8, 4) is 11.6 Å². The number of nitro groups is 1. The molecule has 3 N–H and O–H groups in total. The molecule has 1 aromatic heterocycles. The number of nitro benzene ring substituents is 1. The summed E-state index contributed by atoms with van der Waals surface area (Å²) in [6, 6.07) is 9.20. The van der Waals surface area contributed by atoms with Crippen LogP contribution < -0.4 is 10.5 Å². The molecular weight excluding hydrogens is 328 g/mol. The summed E-state index contributed by atoms with van der Waals surface area (Å²) in [5.41, 5.74) is 5.50. The van der Waals surface area contributed by atoms with Crippen molar-refractivity contribution in [1.29, 1.82) is 5.41 Å². The topological polar surface area (TPSA) is 115 Å². The van der Waals surface area contributed by atoms with Gasteiger partial charge in [0.25, 0.3) is 5.69 Å². The second-order valence-electron chi connectivity index (χ2n) is 3.72. The van der Waals surface area contributed by atoms with E-state index in [2.05, 4.69) is 20.9 Å². The van der Waals surface area contributed by atoms with Gasteiger partial charge in [0.2, 0.25) is 5.88 Å². The molecule has 1 heterocycles. The van der Waals surface area contributed by atoms with Gasteiger partial charge >= 0.3 is 0 Å². The van der Waals surface area contributed by atoms with Crippen molar-refractivity contribution in [2.24, 2.45) is 5.73 Å². The Kier molecular flexibility index (Phi) is 3.94. The number of nitrogens with one attached hydrogen (secondary N) is 1. The zero-order valence-electron chi connectivity index (χ0n) is 10.0. The van der Waals surface area contributed by atoms with Crippen molar-refractivity contribution in [2.75, 3.05) is 0 Å². The molecule has 102 valence electrons. The van der Waals surface area contributed by atoms with Crippen LogP contribution >= 0.6 is 15.9 Å². The van der Waals surface area contributed by atoms with E-state index in [1.54, 1.807) is 24.3 Å². The molecule has 0 radical (unpaired) electrons. The molecule has 20 heavy (non-hydrogen) atoms. The maximum Gasteiger partial charge on any atom is 0.287 e. The highest BCUT2D eigenvalue weighted by Gasteiger charge is 2.16. The number of nitrogens with two attached hydrogens (primary N) is 1. The summed E-state index contributed by atoms with van der Waals surface area (Å²) >= 11 is 3.13. The minimum absolute atomic E-state index is 0.106. The van der Waals surface area contributed by atoms with Gasteiger partial charge in [0, 0.05) is 12.1 Å². The highest BCUT2D eigenvalue weighted by atomic mass is 79.9. The Balaban J connectivity index is 2.35. The van der Waals surface area contributed by atoms with Crippen molar-refractivity contribution in [1.82, 2.24) is 4.98 Å². The van der Waals surface area contributed by atoms with Gasteiger partial charge in [-0.25, -0.2) is 4.98 Å². The normalized spacial score (nSPS) is 10.1. The van der Waals surface area contributed by atoms with Crippen molar-refractivity contribution in [2.45, 2.75) is 0 Å². The van der Waals surface area contributed by atoms with Gasteiger partial charge in [0.15, 0.2) is 5.75 Å². The molecule has 1 aromatic carbocycles. The Hall–Kier alpha value is -2.48. The molecule has 0 aliphatic heterocycles. The number of aromatic nitrogens is 1. The molecule has 0 amide bonds. The van der Waals surface area contributed by atoms with Crippen LogP contribution in [0.1, 0.15) is 5.69 Å². The van der Waals surface area contributed by atoms with Crippen molar-refractivity contribution in [3.63, 3.8) is 0 Å². The lowest BCUT2D eigenvalue weighted by Gasteiger charge is -2.07. The first kappa shape index (κ1) is 13.9. The average Bonchev–Trinajstić information content (AvgIpc) is 2.41. The quantitative estimate of drug-likeness (QED) is 0.385. The predicted octanol–water partition coefficient (Wildman–Crippen LogP) is 2.83. The number of nitrogen functional groups attached to an aromatic ring is 1. The summed E-state index contributed by atoms with van der Waals surface area (Å²) in [6.07, 6.45) is 0. The van der Waals surface area contributed by atoms with Crippen LogP contribution in [0.4, 0.5) is 5.69 Å². The lowest BCUT2D eigenvalue weighted by atomic mass is 10.3. The third kappa shape index (κ3) is 2.91. The van der Waals surface area contributed by atoms with Crippen LogP contribution in [0.5, 0.6) is 11.6 Å². The van der Waals surface area contributed by atoms with Gasteiger partial charge in [-0.3, -0.25) is 15.5 Å². The van der Waals surface area contributed by atoms with E-state index >= 15 is 0 Å². The van der Waals surface area contributed by atoms with Crippen LogP contribution in [0.15, 0.2) is 40.9 Å². The summed E-state index contributed by atoms with van der Waals surface area (Å²) in [5, 5.41) is 18.1. The average molecular weight is 337 g/mol. The third-order valence-corrected chi connectivity index (χ3v) is 3.15. The summed E-state index contributed by atoms with van der Waals surface area (Å²) < 4.78 is 5.70. The number of ether oxygens (including phenoxy) is 1. The molecular formula is C12H9BrN4O3. The monoisotopic (exact) mass is 336 g/mol. The Bertz CT molecular complexity index is 690. The van der Waals surface area contributed by atoms with E-state index in [0.29, 0.717) is 0 Å². The molecule has 0 saturated heterocycles. The van der Waals surface area contributed by atoms with E-state index in [1.165, 1.54) is 12.1 Å². The number of halogens is 1. The van der Waals surface area contributed by atoms with Crippen LogP contribution in [0.25, 0.3) is 0 Å². The molecule has 0 saturated carbocycles. The van der Waals surface area contributed by atoms with Gasteiger partial charge in [-0.2, -0.15) is 0 Å². The van der Waals surface area contributed by atoms with Crippen LogP contribution in [0.3, 0.4) is 0 Å². The molecule has 8 heteroatoms. The summed E-state index contributed by atoms with van der Waals surface area (Å²) in [7, 11) is 0. The third-order valence-electron chi connectivity index (χ3n) is 2.35.